The lowest BCUT2D eigenvalue weighted by molar-refractivity contribution is 0.600. The van der Waals surface area contributed by atoms with Crippen molar-refractivity contribution in [3.05, 3.63) is 43.4 Å². The third-order valence-corrected chi connectivity index (χ3v) is 3.60. The van der Waals surface area contributed by atoms with Gasteiger partial charge in [0.15, 0.2) is 0 Å². The summed E-state index contributed by atoms with van der Waals surface area (Å²) < 4.78 is 3.90. The van der Waals surface area contributed by atoms with Gasteiger partial charge >= 0.3 is 5.69 Å². The van der Waals surface area contributed by atoms with Gasteiger partial charge in [-0.05, 0) is 6.42 Å². The molecule has 8 heteroatoms. The minimum Gasteiger partial charge on any atom is -0.393 e. The molecule has 0 radical (unpaired) electrons. The van der Waals surface area contributed by atoms with Crippen LogP contribution in [0.4, 0.5) is 5.69 Å². The highest BCUT2D eigenvalue weighted by atomic mass is 35.5. The van der Waals surface area contributed by atoms with Gasteiger partial charge in [0.05, 0.1) is 23.0 Å². The van der Waals surface area contributed by atoms with E-state index in [9.17, 15) is 9.59 Å². The van der Waals surface area contributed by atoms with E-state index in [0.717, 1.165) is 10.3 Å². The predicted molar refractivity (Wildman–Crippen MR) is 77.1 cm³/mol. The first kappa shape index (κ1) is 14.4. The first-order valence-corrected chi connectivity index (χ1v) is 6.50. The number of hydrogen-bond acceptors (Lipinski definition) is 4. The number of nitrogen functional groups attached to an aromatic ring is 1. The van der Waals surface area contributed by atoms with Crippen molar-refractivity contribution in [1.82, 2.24) is 18.9 Å². The molecule has 0 atom stereocenters. The average Bonchev–Trinajstić information content (AvgIpc) is 2.68. The number of halogens is 1. The summed E-state index contributed by atoms with van der Waals surface area (Å²) in [5.74, 6) is 0. The van der Waals surface area contributed by atoms with E-state index in [4.69, 9.17) is 17.3 Å². The number of nitrogens with zero attached hydrogens (tertiary/aromatic N) is 4. The maximum atomic E-state index is 12.0. The molecule has 0 aliphatic heterocycles. The van der Waals surface area contributed by atoms with Crippen molar-refractivity contribution in [2.75, 3.05) is 5.73 Å². The molecular formula is C12H16ClN5O2. The summed E-state index contributed by atoms with van der Waals surface area (Å²) >= 11 is 6.23. The van der Waals surface area contributed by atoms with E-state index >= 15 is 0 Å². The molecular weight excluding hydrogens is 282 g/mol. The first-order chi connectivity index (χ1) is 9.36. The molecule has 0 unspecified atom stereocenters. The van der Waals surface area contributed by atoms with Gasteiger partial charge in [0.2, 0.25) is 0 Å². The Hall–Kier alpha value is -2.02. The van der Waals surface area contributed by atoms with Crippen molar-refractivity contribution in [2.24, 2.45) is 14.1 Å². The number of anilines is 1. The lowest BCUT2D eigenvalue weighted by Crippen LogP contribution is -2.40. The highest BCUT2D eigenvalue weighted by Crippen LogP contribution is 2.20. The van der Waals surface area contributed by atoms with Crippen LogP contribution in [-0.2, 0) is 27.1 Å². The Morgan fingerprint density at radius 1 is 1.35 bits per heavy atom. The molecule has 2 rings (SSSR count). The molecule has 2 N–H and O–H groups in total. The number of rotatable bonds is 3. The molecule has 0 aromatic carbocycles. The summed E-state index contributed by atoms with van der Waals surface area (Å²) in [7, 11) is 3.26. The van der Waals surface area contributed by atoms with Gasteiger partial charge in [-0.2, -0.15) is 5.10 Å². The molecule has 108 valence electrons. The van der Waals surface area contributed by atoms with Gasteiger partial charge in [-0.25, -0.2) is 4.79 Å². The van der Waals surface area contributed by atoms with Crippen LogP contribution in [0.5, 0.6) is 0 Å². The number of nitrogens with two attached hydrogens (primary N) is 1. The zero-order chi connectivity index (χ0) is 15.0. The summed E-state index contributed by atoms with van der Waals surface area (Å²) in [6.07, 6.45) is 1.99. The van der Waals surface area contributed by atoms with Crippen molar-refractivity contribution >= 4 is 17.3 Å². The minimum absolute atomic E-state index is 0.0149. The summed E-state index contributed by atoms with van der Waals surface area (Å²) in [6.45, 7) is 1.97. The van der Waals surface area contributed by atoms with E-state index in [1.165, 1.54) is 17.8 Å². The molecule has 2 aromatic heterocycles. The molecule has 0 saturated heterocycles. The van der Waals surface area contributed by atoms with Crippen LogP contribution in [0.15, 0.2) is 15.8 Å². The zero-order valence-electron chi connectivity index (χ0n) is 11.6. The van der Waals surface area contributed by atoms with Crippen LogP contribution in [0.25, 0.3) is 0 Å². The summed E-state index contributed by atoms with van der Waals surface area (Å²) in [4.78, 5) is 24.0. The largest absolute Gasteiger partial charge is 0.393 e. The molecule has 0 saturated carbocycles. The molecule has 20 heavy (non-hydrogen) atoms. The van der Waals surface area contributed by atoms with Gasteiger partial charge in [0.25, 0.3) is 5.56 Å². The molecule has 0 fully saturated rings. The van der Waals surface area contributed by atoms with Crippen LogP contribution in [-0.4, -0.2) is 18.9 Å². The maximum absolute atomic E-state index is 12.0. The Kier molecular flexibility index (Phi) is 3.71. The molecule has 2 heterocycles. The number of hydrogen-bond donors (Lipinski definition) is 1. The van der Waals surface area contributed by atoms with Crippen molar-refractivity contribution in [2.45, 2.75) is 19.9 Å². The maximum Gasteiger partial charge on any atom is 0.331 e. The van der Waals surface area contributed by atoms with Gasteiger partial charge in [-0.3, -0.25) is 14.0 Å². The van der Waals surface area contributed by atoms with Crippen LogP contribution in [0.3, 0.4) is 0 Å². The van der Waals surface area contributed by atoms with Crippen molar-refractivity contribution < 1.29 is 0 Å². The number of aryl methyl sites for hydroxylation is 3. The zero-order valence-corrected chi connectivity index (χ0v) is 12.3. The highest BCUT2D eigenvalue weighted by Gasteiger charge is 2.16. The lowest BCUT2D eigenvalue weighted by atomic mass is 10.3. The van der Waals surface area contributed by atoms with E-state index in [1.54, 1.807) is 11.7 Å². The Labute approximate surface area is 120 Å². The smallest absolute Gasteiger partial charge is 0.331 e. The highest BCUT2D eigenvalue weighted by molar-refractivity contribution is 6.31. The van der Waals surface area contributed by atoms with E-state index in [-0.39, 0.29) is 12.2 Å². The van der Waals surface area contributed by atoms with E-state index < -0.39 is 11.2 Å². The van der Waals surface area contributed by atoms with Crippen molar-refractivity contribution in [3.63, 3.8) is 0 Å². The summed E-state index contributed by atoms with van der Waals surface area (Å²) in [6, 6.07) is 0. The monoisotopic (exact) mass is 297 g/mol. The normalized spacial score (nSPS) is 11.0. The summed E-state index contributed by atoms with van der Waals surface area (Å²) in [5, 5.41) is 4.74. The van der Waals surface area contributed by atoms with Gasteiger partial charge < -0.3 is 10.3 Å². The van der Waals surface area contributed by atoms with Gasteiger partial charge in [0, 0.05) is 20.3 Å². The van der Waals surface area contributed by atoms with Gasteiger partial charge in [-0.1, -0.05) is 18.5 Å². The fourth-order valence-corrected chi connectivity index (χ4v) is 2.39. The van der Waals surface area contributed by atoms with Gasteiger partial charge in [-0.15, -0.1) is 0 Å². The van der Waals surface area contributed by atoms with Crippen LogP contribution >= 0.6 is 11.6 Å². The van der Waals surface area contributed by atoms with E-state index in [2.05, 4.69) is 5.10 Å². The quantitative estimate of drug-likeness (QED) is 0.872. The Bertz CT molecular complexity index is 737. The van der Waals surface area contributed by atoms with Gasteiger partial charge in [0.1, 0.15) is 5.69 Å². The third-order valence-electron chi connectivity index (χ3n) is 3.17. The molecule has 0 aliphatic carbocycles. The predicted octanol–water partition coefficient (Wildman–Crippen LogP) is 0.127. The minimum atomic E-state index is -0.525. The summed E-state index contributed by atoms with van der Waals surface area (Å²) in [5.41, 5.74) is 5.99. The van der Waals surface area contributed by atoms with E-state index in [0.29, 0.717) is 17.1 Å². The molecule has 0 aliphatic rings. The first-order valence-electron chi connectivity index (χ1n) is 6.13. The lowest BCUT2D eigenvalue weighted by Gasteiger charge is -2.09. The van der Waals surface area contributed by atoms with Crippen molar-refractivity contribution in [3.8, 4) is 0 Å². The molecule has 0 amide bonds. The fraction of sp³-hybridized carbons (Fsp3) is 0.417. The average molecular weight is 298 g/mol. The van der Waals surface area contributed by atoms with Crippen LogP contribution in [0.1, 0.15) is 18.3 Å². The Morgan fingerprint density at radius 2 is 2.00 bits per heavy atom. The van der Waals surface area contributed by atoms with Crippen molar-refractivity contribution in [1.29, 1.82) is 0 Å². The second kappa shape index (κ2) is 5.16. The van der Waals surface area contributed by atoms with E-state index in [1.807, 2.05) is 6.92 Å². The fourth-order valence-electron chi connectivity index (χ4n) is 2.03. The second-order valence-electron chi connectivity index (χ2n) is 4.55. The third kappa shape index (κ3) is 2.24. The Morgan fingerprint density at radius 3 is 2.55 bits per heavy atom. The molecule has 2 aromatic rings. The molecule has 0 bridgehead atoms. The number of aromatic nitrogens is 4. The van der Waals surface area contributed by atoms with Crippen LogP contribution in [0.2, 0.25) is 5.02 Å². The SMILES string of the molecule is CCc1nn(C)c(Cn2c(=O)c(N)cn(C)c2=O)c1Cl. The molecule has 7 nitrogen and oxygen atoms in total. The van der Waals surface area contributed by atoms with Crippen LogP contribution < -0.4 is 17.0 Å². The standard InChI is InChI=1S/C12H16ClN5O2/c1-4-8-10(13)9(17(3)15-8)6-18-11(19)7(14)5-16(2)12(18)20/h5H,4,6,14H2,1-3H3. The second-order valence-corrected chi connectivity index (χ2v) is 4.93. The topological polar surface area (TPSA) is 87.8 Å². The Balaban J connectivity index is 2.59. The van der Waals surface area contributed by atoms with Crippen LogP contribution in [0, 0.1) is 0 Å². The molecule has 0 spiro atoms.